The highest BCUT2D eigenvalue weighted by Crippen LogP contribution is 2.23. The molecule has 2 rings (SSSR count). The summed E-state index contributed by atoms with van der Waals surface area (Å²) in [4.78, 5) is 25.6. The fraction of sp³-hybridized carbons (Fsp3) is 0.462. The maximum atomic E-state index is 12.8. The van der Waals surface area contributed by atoms with Gasteiger partial charge in [0.1, 0.15) is 11.5 Å². The molecule has 0 bridgehead atoms. The van der Waals surface area contributed by atoms with Crippen molar-refractivity contribution in [3.63, 3.8) is 0 Å². The van der Waals surface area contributed by atoms with E-state index in [1.165, 1.54) is 0 Å². The summed E-state index contributed by atoms with van der Waals surface area (Å²) in [6.07, 6.45) is 0.594. The maximum absolute atomic E-state index is 12.8. The molecule has 2 aromatic carbocycles. The molecule has 198 valence electrons. The third-order valence-corrected chi connectivity index (χ3v) is 8.13. The van der Waals surface area contributed by atoms with Crippen molar-refractivity contribution in [3.05, 3.63) is 60.7 Å². The highest BCUT2D eigenvalue weighted by molar-refractivity contribution is 6.60. The first-order valence-electron chi connectivity index (χ1n) is 12.1. The molecule has 0 aliphatic heterocycles. The summed E-state index contributed by atoms with van der Waals surface area (Å²) in [6.45, 7) is 6.27. The van der Waals surface area contributed by atoms with Gasteiger partial charge in [-0.3, -0.25) is 9.59 Å². The van der Waals surface area contributed by atoms with Crippen molar-refractivity contribution < 1.29 is 41.8 Å². The lowest BCUT2D eigenvalue weighted by molar-refractivity contribution is -0.169. The van der Waals surface area contributed by atoms with Gasteiger partial charge in [0.2, 0.25) is 13.6 Å². The largest absolute Gasteiger partial charge is 0.500 e. The van der Waals surface area contributed by atoms with Crippen LogP contribution >= 0.6 is 0 Å². The van der Waals surface area contributed by atoms with Crippen molar-refractivity contribution >= 4 is 20.7 Å². The second-order valence-corrected chi connectivity index (χ2v) is 10.2. The van der Waals surface area contributed by atoms with E-state index >= 15 is 0 Å². The van der Waals surface area contributed by atoms with E-state index in [1.807, 2.05) is 32.9 Å². The third kappa shape index (κ3) is 10.4. The summed E-state index contributed by atoms with van der Waals surface area (Å²) in [6, 6.07) is 18.3. The predicted octanol–water partition coefficient (Wildman–Crippen LogP) is 4.59. The molecule has 0 heterocycles. The smallest absolute Gasteiger partial charge is 0.457 e. The van der Waals surface area contributed by atoms with Crippen molar-refractivity contribution in [2.24, 2.45) is 5.92 Å². The van der Waals surface area contributed by atoms with Crippen molar-refractivity contribution in [2.75, 3.05) is 33.4 Å². The van der Waals surface area contributed by atoms with Crippen LogP contribution in [-0.4, -0.2) is 54.1 Å². The minimum absolute atomic E-state index is 0.163. The van der Waals surface area contributed by atoms with Gasteiger partial charge < -0.3 is 32.2 Å². The zero-order chi connectivity index (χ0) is 26.1. The van der Waals surface area contributed by atoms with Gasteiger partial charge in [0.05, 0.1) is 0 Å². The number of benzene rings is 2. The maximum Gasteiger partial charge on any atom is 0.500 e. The van der Waals surface area contributed by atoms with Gasteiger partial charge in [0.25, 0.3) is 0 Å². The molecule has 0 atom stereocenters. The van der Waals surface area contributed by atoms with Gasteiger partial charge in [-0.25, -0.2) is 0 Å². The van der Waals surface area contributed by atoms with Crippen LogP contribution in [0.4, 0.5) is 0 Å². The standard InChI is InChI=1S/C26H36O9Si/c1-4-33-36(34-5-2,35-6-3)19-13-18-24(25(27)31-20-29-22-14-9-7-10-15-22)26(28)32-21-30-23-16-11-8-12-17-23/h7-12,14-17,24H,4-6,13,18-21H2,1-3H3. The summed E-state index contributed by atoms with van der Waals surface area (Å²) < 4.78 is 38.9. The molecule has 0 unspecified atom stereocenters. The van der Waals surface area contributed by atoms with E-state index in [4.69, 9.17) is 32.2 Å². The molecule has 0 saturated heterocycles. The number of hydrogen-bond acceptors (Lipinski definition) is 9. The normalized spacial score (nSPS) is 11.2. The van der Waals surface area contributed by atoms with E-state index < -0.39 is 26.7 Å². The van der Waals surface area contributed by atoms with Crippen molar-refractivity contribution in [2.45, 2.75) is 39.7 Å². The predicted molar refractivity (Wildman–Crippen MR) is 134 cm³/mol. The Balaban J connectivity index is 1.98. The highest BCUT2D eigenvalue weighted by Gasteiger charge is 2.41. The molecular formula is C26H36O9Si. The van der Waals surface area contributed by atoms with Crippen molar-refractivity contribution in [3.8, 4) is 11.5 Å². The van der Waals surface area contributed by atoms with Gasteiger partial charge in [-0.15, -0.1) is 0 Å². The average Bonchev–Trinajstić information content (AvgIpc) is 2.88. The van der Waals surface area contributed by atoms with E-state index in [0.29, 0.717) is 43.8 Å². The first-order chi connectivity index (χ1) is 17.5. The van der Waals surface area contributed by atoms with Gasteiger partial charge in [0, 0.05) is 25.9 Å². The molecule has 0 N–H and O–H groups in total. The van der Waals surface area contributed by atoms with Gasteiger partial charge in [-0.1, -0.05) is 36.4 Å². The van der Waals surface area contributed by atoms with Gasteiger partial charge in [0.15, 0.2) is 5.92 Å². The zero-order valence-corrected chi connectivity index (χ0v) is 22.2. The highest BCUT2D eigenvalue weighted by atomic mass is 28.4. The fourth-order valence-electron chi connectivity index (χ4n) is 3.40. The average molecular weight is 521 g/mol. The van der Waals surface area contributed by atoms with E-state index in [-0.39, 0.29) is 20.0 Å². The molecular weight excluding hydrogens is 484 g/mol. The monoisotopic (exact) mass is 520 g/mol. The number of para-hydroxylation sites is 2. The van der Waals surface area contributed by atoms with Crippen molar-refractivity contribution in [1.29, 1.82) is 0 Å². The molecule has 10 heteroatoms. The van der Waals surface area contributed by atoms with Gasteiger partial charge >= 0.3 is 20.7 Å². The van der Waals surface area contributed by atoms with Crippen LogP contribution in [0.2, 0.25) is 6.04 Å². The summed E-state index contributed by atoms with van der Waals surface area (Å²) in [7, 11) is -2.92. The number of carbonyl (C=O) groups excluding carboxylic acids is 2. The van der Waals surface area contributed by atoms with Gasteiger partial charge in [-0.05, 0) is 57.9 Å². The lowest BCUT2D eigenvalue weighted by atomic mass is 10.0. The Bertz CT molecular complexity index is 805. The zero-order valence-electron chi connectivity index (χ0n) is 21.2. The van der Waals surface area contributed by atoms with Crippen LogP contribution in [0.3, 0.4) is 0 Å². The lowest BCUT2D eigenvalue weighted by Gasteiger charge is -2.28. The number of esters is 2. The molecule has 2 aromatic rings. The molecule has 9 nitrogen and oxygen atoms in total. The van der Waals surface area contributed by atoms with E-state index in [0.717, 1.165) is 0 Å². The van der Waals surface area contributed by atoms with E-state index in [1.54, 1.807) is 48.5 Å². The van der Waals surface area contributed by atoms with Crippen LogP contribution in [0.25, 0.3) is 0 Å². The number of carbonyl (C=O) groups is 2. The van der Waals surface area contributed by atoms with Crippen LogP contribution in [0.5, 0.6) is 11.5 Å². The Morgan fingerprint density at radius 1 is 0.694 bits per heavy atom. The molecule has 0 radical (unpaired) electrons. The molecule has 0 saturated carbocycles. The molecule has 0 aliphatic carbocycles. The quantitative estimate of drug-likeness (QED) is 0.121. The van der Waals surface area contributed by atoms with Crippen LogP contribution < -0.4 is 9.47 Å². The fourth-order valence-corrected chi connectivity index (χ4v) is 6.04. The van der Waals surface area contributed by atoms with Crippen LogP contribution in [0, 0.1) is 5.92 Å². The van der Waals surface area contributed by atoms with E-state index in [9.17, 15) is 9.59 Å². The minimum Gasteiger partial charge on any atom is -0.457 e. The Hall–Kier alpha value is -2.92. The number of hydrogen-bond donors (Lipinski definition) is 0. The Morgan fingerprint density at radius 2 is 1.11 bits per heavy atom. The number of ether oxygens (including phenoxy) is 4. The summed E-state index contributed by atoms with van der Waals surface area (Å²) in [5, 5.41) is 0. The second-order valence-electron chi connectivity index (χ2n) is 7.50. The first-order valence-corrected chi connectivity index (χ1v) is 14.1. The Kier molecular flexibility index (Phi) is 13.6. The molecule has 0 aromatic heterocycles. The second kappa shape index (κ2) is 16.7. The minimum atomic E-state index is -2.92. The molecule has 36 heavy (non-hydrogen) atoms. The SMILES string of the molecule is CCO[Si](CCCC(C(=O)OCOc1ccccc1)C(=O)OCOc1ccccc1)(OCC)OCC. The third-order valence-electron chi connectivity index (χ3n) is 4.98. The number of rotatable bonds is 18. The van der Waals surface area contributed by atoms with Crippen LogP contribution in [0.15, 0.2) is 60.7 Å². The first kappa shape index (κ1) is 29.3. The molecule has 0 aliphatic rings. The molecule has 0 amide bonds. The van der Waals surface area contributed by atoms with Gasteiger partial charge in [-0.2, -0.15) is 0 Å². The Morgan fingerprint density at radius 3 is 1.50 bits per heavy atom. The topological polar surface area (TPSA) is 98.8 Å². The van der Waals surface area contributed by atoms with Crippen LogP contribution in [-0.2, 0) is 32.3 Å². The molecule has 0 spiro atoms. The van der Waals surface area contributed by atoms with Crippen LogP contribution in [0.1, 0.15) is 33.6 Å². The molecule has 0 fully saturated rings. The van der Waals surface area contributed by atoms with E-state index in [2.05, 4.69) is 0 Å². The summed E-state index contributed by atoms with van der Waals surface area (Å²) >= 11 is 0. The summed E-state index contributed by atoms with van der Waals surface area (Å²) in [5.74, 6) is -1.57. The Labute approximate surface area is 213 Å². The lowest BCUT2D eigenvalue weighted by Crippen LogP contribution is -2.46. The summed E-state index contributed by atoms with van der Waals surface area (Å²) in [5.41, 5.74) is 0. The van der Waals surface area contributed by atoms with Crippen molar-refractivity contribution in [1.82, 2.24) is 0 Å².